The lowest BCUT2D eigenvalue weighted by Crippen LogP contribution is -2.46. The van der Waals surface area contributed by atoms with Crippen molar-refractivity contribution in [2.75, 3.05) is 6.54 Å². The first-order valence-electron chi connectivity index (χ1n) is 9.20. The smallest absolute Gasteiger partial charge is 0.414 e. The Hall–Kier alpha value is -2.80. The number of rotatable bonds is 1. The van der Waals surface area contributed by atoms with Crippen molar-refractivity contribution in [2.45, 2.75) is 45.6 Å². The van der Waals surface area contributed by atoms with Gasteiger partial charge in [-0.25, -0.2) is 9.18 Å². The number of hydrogen-bond donors (Lipinski definition) is 0. The lowest BCUT2D eigenvalue weighted by Gasteiger charge is -2.37. The number of hydrogen-bond acceptors (Lipinski definition) is 2. The summed E-state index contributed by atoms with van der Waals surface area (Å²) in [5.74, 6) is 5.92. The molecule has 0 bridgehead atoms. The van der Waals surface area contributed by atoms with E-state index in [1.165, 1.54) is 12.1 Å². The fraction of sp³-hybridized carbons (Fsp3) is 0.348. The summed E-state index contributed by atoms with van der Waals surface area (Å²) in [7, 11) is 0. The zero-order valence-corrected chi connectivity index (χ0v) is 16.0. The summed E-state index contributed by atoms with van der Waals surface area (Å²) in [6.45, 7) is 6.56. The summed E-state index contributed by atoms with van der Waals surface area (Å²) in [4.78, 5) is 14.2. The molecule has 0 saturated carbocycles. The Morgan fingerprint density at radius 1 is 1.15 bits per heavy atom. The third-order valence-corrected chi connectivity index (χ3v) is 4.75. The van der Waals surface area contributed by atoms with Crippen LogP contribution in [0.5, 0.6) is 0 Å². The molecule has 4 heteroatoms. The van der Waals surface area contributed by atoms with Gasteiger partial charge in [0.1, 0.15) is 11.4 Å². The van der Waals surface area contributed by atoms with Crippen LogP contribution in [0.3, 0.4) is 0 Å². The molecular formula is C23H24FNO2. The van der Waals surface area contributed by atoms with E-state index in [1.807, 2.05) is 26.0 Å². The number of nitrogens with zero attached hydrogens (tertiary/aromatic N) is 1. The summed E-state index contributed by atoms with van der Waals surface area (Å²) in [5.41, 5.74) is 3.28. The molecule has 1 fully saturated rings. The van der Waals surface area contributed by atoms with E-state index in [1.54, 1.807) is 17.0 Å². The largest absolute Gasteiger partial charge is 0.443 e. The molecule has 1 aromatic carbocycles. The van der Waals surface area contributed by atoms with E-state index in [0.29, 0.717) is 6.54 Å². The van der Waals surface area contributed by atoms with Crippen LogP contribution in [0.2, 0.25) is 0 Å². The molecular weight excluding hydrogens is 341 g/mol. The molecule has 0 N–H and O–H groups in total. The SMILES string of the molecule is CC1=C(N2CCC(C)(C)OC2=O)C=CC(C#Cc2ccc(F)cc2)=CCC1. The number of allylic oxidation sites excluding steroid dienone is 5. The van der Waals surface area contributed by atoms with Crippen molar-refractivity contribution in [2.24, 2.45) is 0 Å². The summed E-state index contributed by atoms with van der Waals surface area (Å²) >= 11 is 0. The Morgan fingerprint density at radius 3 is 2.59 bits per heavy atom. The van der Waals surface area contributed by atoms with Crippen LogP contribution < -0.4 is 0 Å². The first-order chi connectivity index (χ1) is 12.8. The summed E-state index contributed by atoms with van der Waals surface area (Å²) in [6, 6.07) is 6.13. The van der Waals surface area contributed by atoms with Crippen LogP contribution in [0.1, 0.15) is 45.6 Å². The predicted octanol–water partition coefficient (Wildman–Crippen LogP) is 5.35. The molecule has 1 aromatic rings. The molecule has 0 atom stereocenters. The Labute approximate surface area is 160 Å². The standard InChI is InChI=1S/C23H24FNO2/c1-17-5-4-6-18(7-8-19-9-12-20(24)13-10-19)11-14-21(17)25-16-15-23(2,3)27-22(25)26/h6,9-14H,4-5,15-16H2,1-3H3. The molecule has 3 rings (SSSR count). The number of amides is 1. The van der Waals surface area contributed by atoms with Crippen LogP contribution in [0.15, 0.2) is 59.3 Å². The molecule has 1 aliphatic heterocycles. The monoisotopic (exact) mass is 365 g/mol. The highest BCUT2D eigenvalue weighted by molar-refractivity contribution is 5.72. The Kier molecular flexibility index (Phi) is 5.51. The van der Waals surface area contributed by atoms with E-state index in [-0.39, 0.29) is 11.9 Å². The molecule has 140 valence electrons. The van der Waals surface area contributed by atoms with Crippen molar-refractivity contribution < 1.29 is 13.9 Å². The molecule has 1 amide bonds. The van der Waals surface area contributed by atoms with E-state index in [2.05, 4.69) is 24.8 Å². The minimum absolute atomic E-state index is 0.271. The number of cyclic esters (lactones) is 1. The molecule has 1 saturated heterocycles. The van der Waals surface area contributed by atoms with Gasteiger partial charge < -0.3 is 4.74 Å². The molecule has 2 aliphatic rings. The quantitative estimate of drug-likeness (QED) is 0.628. The van der Waals surface area contributed by atoms with Crippen LogP contribution in [0.25, 0.3) is 0 Å². The lowest BCUT2D eigenvalue weighted by molar-refractivity contribution is -0.0166. The van der Waals surface area contributed by atoms with Gasteiger partial charge in [-0.3, -0.25) is 4.90 Å². The van der Waals surface area contributed by atoms with E-state index >= 15 is 0 Å². The number of ether oxygens (including phenoxy) is 1. The minimum atomic E-state index is -0.418. The van der Waals surface area contributed by atoms with Crippen molar-refractivity contribution in [3.63, 3.8) is 0 Å². The summed E-state index contributed by atoms with van der Waals surface area (Å²) in [5, 5.41) is 0. The van der Waals surface area contributed by atoms with Gasteiger partial charge in [-0.1, -0.05) is 17.9 Å². The Balaban J connectivity index is 1.80. The number of carbonyl (C=O) groups is 1. The first kappa shape index (κ1) is 19.0. The predicted molar refractivity (Wildman–Crippen MR) is 104 cm³/mol. The van der Waals surface area contributed by atoms with Crippen molar-refractivity contribution in [3.8, 4) is 11.8 Å². The fourth-order valence-corrected chi connectivity index (χ4v) is 3.08. The highest BCUT2D eigenvalue weighted by Crippen LogP contribution is 2.28. The van der Waals surface area contributed by atoms with Crippen LogP contribution in [-0.2, 0) is 4.74 Å². The van der Waals surface area contributed by atoms with Crippen LogP contribution in [-0.4, -0.2) is 23.1 Å². The first-order valence-corrected chi connectivity index (χ1v) is 9.20. The van der Waals surface area contributed by atoms with Crippen molar-refractivity contribution in [3.05, 3.63) is 70.7 Å². The summed E-state index contributed by atoms with van der Waals surface area (Å²) in [6.07, 6.45) is 8.16. The molecule has 1 aliphatic carbocycles. The fourth-order valence-electron chi connectivity index (χ4n) is 3.08. The molecule has 0 unspecified atom stereocenters. The van der Waals surface area contributed by atoms with Gasteiger partial charge in [0, 0.05) is 29.8 Å². The maximum Gasteiger partial charge on any atom is 0.414 e. The topological polar surface area (TPSA) is 29.5 Å². The van der Waals surface area contributed by atoms with Gasteiger partial charge in [0.05, 0.1) is 0 Å². The highest BCUT2D eigenvalue weighted by atomic mass is 19.1. The van der Waals surface area contributed by atoms with Gasteiger partial charge >= 0.3 is 6.09 Å². The maximum atomic E-state index is 13.0. The highest BCUT2D eigenvalue weighted by Gasteiger charge is 2.34. The van der Waals surface area contributed by atoms with E-state index in [0.717, 1.165) is 41.7 Å². The lowest BCUT2D eigenvalue weighted by atomic mass is 10.00. The minimum Gasteiger partial charge on any atom is -0.443 e. The average Bonchev–Trinajstić information content (AvgIpc) is 2.59. The van der Waals surface area contributed by atoms with Crippen molar-refractivity contribution >= 4 is 6.09 Å². The molecule has 0 aromatic heterocycles. The zero-order chi connectivity index (χ0) is 19.4. The second kappa shape index (κ2) is 7.84. The normalized spacial score (nSPS) is 19.5. The van der Waals surface area contributed by atoms with Gasteiger partial charge in [0.15, 0.2) is 0 Å². The number of halogens is 1. The second-order valence-electron chi connectivity index (χ2n) is 7.48. The molecule has 3 nitrogen and oxygen atoms in total. The van der Waals surface area contributed by atoms with E-state index < -0.39 is 5.60 Å². The van der Waals surface area contributed by atoms with Gasteiger partial charge in [-0.15, -0.1) is 0 Å². The van der Waals surface area contributed by atoms with Crippen molar-refractivity contribution in [1.82, 2.24) is 4.90 Å². The van der Waals surface area contributed by atoms with Gasteiger partial charge in [-0.05, 0) is 75.6 Å². The molecule has 1 heterocycles. The van der Waals surface area contributed by atoms with Crippen LogP contribution in [0, 0.1) is 17.7 Å². The Bertz CT molecular complexity index is 879. The number of benzene rings is 1. The molecule has 27 heavy (non-hydrogen) atoms. The Morgan fingerprint density at radius 2 is 1.89 bits per heavy atom. The average molecular weight is 365 g/mol. The van der Waals surface area contributed by atoms with Gasteiger partial charge in [-0.2, -0.15) is 0 Å². The van der Waals surface area contributed by atoms with E-state index in [9.17, 15) is 9.18 Å². The number of carbonyl (C=O) groups excluding carboxylic acids is 1. The second-order valence-corrected chi connectivity index (χ2v) is 7.48. The molecule has 0 spiro atoms. The van der Waals surface area contributed by atoms with Gasteiger partial charge in [0.2, 0.25) is 0 Å². The third kappa shape index (κ3) is 4.89. The third-order valence-electron chi connectivity index (χ3n) is 4.75. The zero-order valence-electron chi connectivity index (χ0n) is 16.0. The van der Waals surface area contributed by atoms with Crippen molar-refractivity contribution in [1.29, 1.82) is 0 Å². The molecule has 0 radical (unpaired) electrons. The van der Waals surface area contributed by atoms with Crippen LogP contribution >= 0.6 is 0 Å². The van der Waals surface area contributed by atoms with Gasteiger partial charge in [0.25, 0.3) is 0 Å². The van der Waals surface area contributed by atoms with Crippen LogP contribution in [0.4, 0.5) is 9.18 Å². The summed E-state index contributed by atoms with van der Waals surface area (Å²) < 4.78 is 18.5. The van der Waals surface area contributed by atoms with E-state index in [4.69, 9.17) is 4.74 Å². The maximum absolute atomic E-state index is 13.0.